The van der Waals surface area contributed by atoms with Gasteiger partial charge in [-0.25, -0.2) is 9.18 Å². The van der Waals surface area contributed by atoms with Crippen LogP contribution in [0.2, 0.25) is 5.02 Å². The lowest BCUT2D eigenvalue weighted by Gasteiger charge is -2.08. The van der Waals surface area contributed by atoms with E-state index in [1.54, 1.807) is 6.07 Å². The molecule has 1 aromatic rings. The van der Waals surface area contributed by atoms with E-state index in [4.69, 9.17) is 11.6 Å². The van der Waals surface area contributed by atoms with Crippen LogP contribution in [0.5, 0.6) is 0 Å². The highest BCUT2D eigenvalue weighted by atomic mass is 35.5. The van der Waals surface area contributed by atoms with Crippen LogP contribution in [-0.2, 0) is 4.74 Å². The molecular weight excluding hydrogens is 209 g/mol. The molecule has 14 heavy (non-hydrogen) atoms. The van der Waals surface area contributed by atoms with E-state index in [2.05, 4.69) is 10.1 Å². The fourth-order valence-corrected chi connectivity index (χ4v) is 1.50. The third-order valence-electron chi connectivity index (χ3n) is 2.01. The zero-order chi connectivity index (χ0) is 10.1. The second-order valence-electron chi connectivity index (χ2n) is 2.96. The second-order valence-corrected chi connectivity index (χ2v) is 3.40. The molecule has 0 aromatic heterocycles. The lowest BCUT2D eigenvalue weighted by molar-refractivity contribution is 0.177. The Hall–Kier alpha value is -1.29. The Morgan fingerprint density at radius 3 is 2.93 bits per heavy atom. The SMILES string of the molecule is O=C1N[C@@H](c2ccc(Cl)cc2F)CO1. The molecule has 5 heteroatoms. The van der Waals surface area contributed by atoms with E-state index >= 15 is 0 Å². The summed E-state index contributed by atoms with van der Waals surface area (Å²) in [6, 6.07) is 3.91. The molecule has 0 bridgehead atoms. The number of nitrogens with one attached hydrogen (secondary N) is 1. The predicted molar refractivity (Wildman–Crippen MR) is 48.6 cm³/mol. The molecule has 74 valence electrons. The van der Waals surface area contributed by atoms with Crippen LogP contribution in [0.15, 0.2) is 18.2 Å². The van der Waals surface area contributed by atoms with Gasteiger partial charge in [-0.2, -0.15) is 0 Å². The van der Waals surface area contributed by atoms with Crippen molar-refractivity contribution in [2.24, 2.45) is 0 Å². The number of carbonyl (C=O) groups excluding carboxylic acids is 1. The molecule has 1 amide bonds. The Labute approximate surface area is 84.8 Å². The van der Waals surface area contributed by atoms with Crippen LogP contribution in [0.1, 0.15) is 11.6 Å². The maximum atomic E-state index is 13.3. The zero-order valence-corrected chi connectivity index (χ0v) is 7.84. The van der Waals surface area contributed by atoms with Gasteiger partial charge in [0.2, 0.25) is 0 Å². The van der Waals surface area contributed by atoms with Crippen molar-refractivity contribution in [2.45, 2.75) is 6.04 Å². The Balaban J connectivity index is 2.28. The maximum Gasteiger partial charge on any atom is 0.407 e. The molecule has 1 N–H and O–H groups in total. The van der Waals surface area contributed by atoms with Crippen LogP contribution < -0.4 is 5.32 Å². The summed E-state index contributed by atoms with van der Waals surface area (Å²) in [4.78, 5) is 10.7. The smallest absolute Gasteiger partial charge is 0.407 e. The molecule has 0 aliphatic carbocycles. The molecular formula is C9H7ClFNO2. The van der Waals surface area contributed by atoms with Gasteiger partial charge in [-0.05, 0) is 12.1 Å². The fraction of sp³-hybridized carbons (Fsp3) is 0.222. The van der Waals surface area contributed by atoms with Gasteiger partial charge in [0.05, 0.1) is 6.04 Å². The lowest BCUT2D eigenvalue weighted by Crippen LogP contribution is -2.19. The quantitative estimate of drug-likeness (QED) is 0.781. The molecule has 3 nitrogen and oxygen atoms in total. The van der Waals surface area contributed by atoms with E-state index in [1.807, 2.05) is 0 Å². The first-order valence-electron chi connectivity index (χ1n) is 4.05. The van der Waals surface area contributed by atoms with Crippen molar-refractivity contribution in [1.82, 2.24) is 5.32 Å². The molecule has 2 rings (SSSR count). The van der Waals surface area contributed by atoms with Crippen molar-refractivity contribution >= 4 is 17.7 Å². The van der Waals surface area contributed by atoms with Crippen LogP contribution in [0.25, 0.3) is 0 Å². The third kappa shape index (κ3) is 1.65. The summed E-state index contributed by atoms with van der Waals surface area (Å²) >= 11 is 5.59. The van der Waals surface area contributed by atoms with E-state index in [1.165, 1.54) is 12.1 Å². The topological polar surface area (TPSA) is 38.3 Å². The molecule has 1 aliphatic heterocycles. The summed E-state index contributed by atoms with van der Waals surface area (Å²) in [5.74, 6) is -0.437. The molecule has 0 unspecified atom stereocenters. The van der Waals surface area contributed by atoms with Gasteiger partial charge in [-0.3, -0.25) is 0 Å². The Kier molecular flexibility index (Phi) is 2.29. The molecule has 0 saturated carbocycles. The van der Waals surface area contributed by atoms with E-state index < -0.39 is 18.0 Å². The van der Waals surface area contributed by atoms with Crippen molar-refractivity contribution in [3.63, 3.8) is 0 Å². The van der Waals surface area contributed by atoms with Crippen molar-refractivity contribution in [3.05, 3.63) is 34.6 Å². The predicted octanol–water partition coefficient (Wildman–Crippen LogP) is 2.26. The number of hydrogen-bond donors (Lipinski definition) is 1. The zero-order valence-electron chi connectivity index (χ0n) is 7.09. The second kappa shape index (κ2) is 3.46. The molecule has 1 fully saturated rings. The van der Waals surface area contributed by atoms with Crippen molar-refractivity contribution in [2.75, 3.05) is 6.61 Å². The summed E-state index contributed by atoms with van der Waals surface area (Å²) in [5.41, 5.74) is 0.389. The van der Waals surface area contributed by atoms with Gasteiger partial charge in [0.1, 0.15) is 12.4 Å². The molecule has 1 aliphatic rings. The minimum atomic E-state index is -0.524. The largest absolute Gasteiger partial charge is 0.447 e. The number of carbonyl (C=O) groups is 1. The summed E-state index contributed by atoms with van der Waals surface area (Å²) < 4.78 is 18.0. The Bertz CT molecular complexity index is 383. The number of ether oxygens (including phenoxy) is 1. The van der Waals surface area contributed by atoms with Gasteiger partial charge in [-0.1, -0.05) is 17.7 Å². The highest BCUT2D eigenvalue weighted by molar-refractivity contribution is 6.30. The van der Waals surface area contributed by atoms with Gasteiger partial charge < -0.3 is 10.1 Å². The number of hydrogen-bond acceptors (Lipinski definition) is 2. The molecule has 0 spiro atoms. The van der Waals surface area contributed by atoms with E-state index in [-0.39, 0.29) is 6.61 Å². The van der Waals surface area contributed by atoms with Gasteiger partial charge >= 0.3 is 6.09 Å². The van der Waals surface area contributed by atoms with Crippen molar-refractivity contribution in [3.8, 4) is 0 Å². The van der Waals surface area contributed by atoms with Gasteiger partial charge in [0.25, 0.3) is 0 Å². The number of benzene rings is 1. The minimum Gasteiger partial charge on any atom is -0.447 e. The fourth-order valence-electron chi connectivity index (χ4n) is 1.34. The summed E-state index contributed by atoms with van der Waals surface area (Å²) in [5, 5.41) is 2.82. The highest BCUT2D eigenvalue weighted by Gasteiger charge is 2.25. The van der Waals surface area contributed by atoms with Crippen LogP contribution in [0, 0.1) is 5.82 Å². The Morgan fingerprint density at radius 2 is 2.36 bits per heavy atom. The van der Waals surface area contributed by atoms with Crippen molar-refractivity contribution in [1.29, 1.82) is 0 Å². The van der Waals surface area contributed by atoms with Crippen LogP contribution in [-0.4, -0.2) is 12.7 Å². The van der Waals surface area contributed by atoms with Crippen molar-refractivity contribution < 1.29 is 13.9 Å². The highest BCUT2D eigenvalue weighted by Crippen LogP contribution is 2.23. The van der Waals surface area contributed by atoms with Gasteiger partial charge in [0.15, 0.2) is 0 Å². The van der Waals surface area contributed by atoms with Gasteiger partial charge in [0, 0.05) is 10.6 Å². The number of alkyl carbamates (subject to hydrolysis) is 1. The lowest BCUT2D eigenvalue weighted by atomic mass is 10.1. The normalized spacial score (nSPS) is 20.4. The number of amides is 1. The van der Waals surface area contributed by atoms with Crippen LogP contribution >= 0.6 is 11.6 Å². The average Bonchev–Trinajstić information content (AvgIpc) is 2.51. The number of halogens is 2. The van der Waals surface area contributed by atoms with E-state index in [0.29, 0.717) is 10.6 Å². The first-order chi connectivity index (χ1) is 6.66. The first-order valence-corrected chi connectivity index (χ1v) is 4.43. The number of cyclic esters (lactones) is 1. The average molecular weight is 216 g/mol. The molecule has 1 atom stereocenters. The molecule has 1 heterocycles. The number of rotatable bonds is 1. The summed E-state index contributed by atoms with van der Waals surface area (Å²) in [6.07, 6.45) is -0.524. The van der Waals surface area contributed by atoms with E-state index in [0.717, 1.165) is 0 Å². The molecule has 1 saturated heterocycles. The van der Waals surface area contributed by atoms with E-state index in [9.17, 15) is 9.18 Å². The Morgan fingerprint density at radius 1 is 1.57 bits per heavy atom. The van der Waals surface area contributed by atoms with Crippen LogP contribution in [0.3, 0.4) is 0 Å². The summed E-state index contributed by atoms with van der Waals surface area (Å²) in [7, 11) is 0. The third-order valence-corrected chi connectivity index (χ3v) is 2.25. The summed E-state index contributed by atoms with van der Waals surface area (Å²) in [6.45, 7) is 0.150. The molecule has 0 radical (unpaired) electrons. The minimum absolute atomic E-state index is 0.150. The van der Waals surface area contributed by atoms with Crippen LogP contribution in [0.4, 0.5) is 9.18 Å². The first kappa shape index (κ1) is 9.27. The standard InChI is InChI=1S/C9H7ClFNO2/c10-5-1-2-6(7(11)3-5)8-4-14-9(13)12-8/h1-3,8H,4H2,(H,12,13)/t8-/m1/s1. The maximum absolute atomic E-state index is 13.3. The monoisotopic (exact) mass is 215 g/mol. The van der Waals surface area contributed by atoms with Gasteiger partial charge in [-0.15, -0.1) is 0 Å². The molecule has 1 aromatic carbocycles.